The fraction of sp³-hybridized carbons (Fsp3) is 0. The smallest absolute Gasteiger partial charge is 0.155 e. The average molecular weight is 211 g/mol. The number of aromatic nitrogens is 2. The number of nitrogens with zero attached hydrogens (tertiary/aromatic N) is 2. The van der Waals surface area contributed by atoms with Gasteiger partial charge in [0.15, 0.2) is 5.76 Å². The summed E-state index contributed by atoms with van der Waals surface area (Å²) in [4.78, 5) is 8.14. The summed E-state index contributed by atoms with van der Waals surface area (Å²) in [7, 11) is 0. The average Bonchev–Trinajstić information content (AvgIpc) is 2.72. The maximum absolute atomic E-state index is 5.65. The standard InChI is InChI=1S/C12H9N3O/c13-12-7-14-6-9(15-12)11-5-8-3-1-2-4-10(8)16-11/h1-7H,(H2,13,15). The molecule has 1 aromatic carbocycles. The Bertz CT molecular complexity index is 612. The SMILES string of the molecule is Nc1cncc(-c2cc3ccccc3o2)n1. The van der Waals surface area contributed by atoms with Crippen LogP contribution in [0.15, 0.2) is 47.1 Å². The third kappa shape index (κ3) is 1.40. The highest BCUT2D eigenvalue weighted by Crippen LogP contribution is 2.26. The molecule has 3 aromatic rings. The number of hydrogen-bond acceptors (Lipinski definition) is 4. The normalized spacial score (nSPS) is 10.8. The Balaban J connectivity index is 2.19. The maximum atomic E-state index is 5.65. The van der Waals surface area contributed by atoms with Crippen LogP contribution < -0.4 is 5.73 Å². The van der Waals surface area contributed by atoms with Crippen LogP contribution in [0.1, 0.15) is 0 Å². The lowest BCUT2D eigenvalue weighted by molar-refractivity contribution is 0.628. The molecule has 2 aromatic heterocycles. The van der Waals surface area contributed by atoms with Gasteiger partial charge in [0.2, 0.25) is 0 Å². The summed E-state index contributed by atoms with van der Waals surface area (Å²) in [5.74, 6) is 1.07. The number of hydrogen-bond donors (Lipinski definition) is 1. The van der Waals surface area contributed by atoms with E-state index >= 15 is 0 Å². The van der Waals surface area contributed by atoms with E-state index < -0.39 is 0 Å². The van der Waals surface area contributed by atoms with Crippen molar-refractivity contribution in [3.8, 4) is 11.5 Å². The molecule has 0 bridgehead atoms. The van der Waals surface area contributed by atoms with E-state index in [2.05, 4.69) is 9.97 Å². The van der Waals surface area contributed by atoms with Crippen molar-refractivity contribution in [2.45, 2.75) is 0 Å². The molecule has 0 unspecified atom stereocenters. The van der Waals surface area contributed by atoms with Crippen molar-refractivity contribution in [3.63, 3.8) is 0 Å². The minimum Gasteiger partial charge on any atom is -0.454 e. The fourth-order valence-electron chi connectivity index (χ4n) is 1.61. The molecule has 0 aliphatic rings. The summed E-state index contributed by atoms with van der Waals surface area (Å²) in [6, 6.07) is 9.73. The first kappa shape index (κ1) is 8.91. The molecule has 0 aliphatic heterocycles. The molecule has 0 aliphatic carbocycles. The molecule has 0 amide bonds. The Morgan fingerprint density at radius 1 is 1.12 bits per heavy atom. The van der Waals surface area contributed by atoms with Crippen LogP contribution in [0.25, 0.3) is 22.4 Å². The first-order valence-corrected chi connectivity index (χ1v) is 4.89. The Kier molecular flexibility index (Phi) is 1.86. The van der Waals surface area contributed by atoms with Crippen LogP contribution in [-0.2, 0) is 0 Å². The molecule has 0 radical (unpaired) electrons. The zero-order chi connectivity index (χ0) is 11.0. The highest BCUT2D eigenvalue weighted by Gasteiger charge is 2.07. The Labute approximate surface area is 91.7 Å². The molecule has 0 saturated carbocycles. The lowest BCUT2D eigenvalue weighted by Crippen LogP contribution is -1.92. The van der Waals surface area contributed by atoms with E-state index in [1.54, 1.807) is 6.20 Å². The van der Waals surface area contributed by atoms with Gasteiger partial charge in [0, 0.05) is 5.39 Å². The predicted molar refractivity (Wildman–Crippen MR) is 61.7 cm³/mol. The Hall–Kier alpha value is -2.36. The van der Waals surface area contributed by atoms with Crippen LogP contribution in [-0.4, -0.2) is 9.97 Å². The number of anilines is 1. The number of para-hydroxylation sites is 1. The highest BCUT2D eigenvalue weighted by molar-refractivity contribution is 5.82. The second-order valence-corrected chi connectivity index (χ2v) is 3.48. The number of furan rings is 1. The summed E-state index contributed by atoms with van der Waals surface area (Å²) in [5, 5.41) is 1.04. The molecule has 0 atom stereocenters. The van der Waals surface area contributed by atoms with E-state index in [1.165, 1.54) is 6.20 Å². The van der Waals surface area contributed by atoms with Gasteiger partial charge in [-0.05, 0) is 12.1 Å². The predicted octanol–water partition coefficient (Wildman–Crippen LogP) is 2.47. The number of nitrogen functional groups attached to an aromatic ring is 1. The van der Waals surface area contributed by atoms with E-state index in [0.29, 0.717) is 17.3 Å². The molecule has 4 heteroatoms. The van der Waals surface area contributed by atoms with Crippen molar-refractivity contribution < 1.29 is 4.42 Å². The summed E-state index contributed by atoms with van der Waals surface area (Å²) >= 11 is 0. The quantitative estimate of drug-likeness (QED) is 0.671. The van der Waals surface area contributed by atoms with Gasteiger partial charge >= 0.3 is 0 Å². The van der Waals surface area contributed by atoms with Crippen LogP contribution >= 0.6 is 0 Å². The third-order valence-corrected chi connectivity index (χ3v) is 2.33. The lowest BCUT2D eigenvalue weighted by atomic mass is 10.2. The largest absolute Gasteiger partial charge is 0.454 e. The van der Waals surface area contributed by atoms with Crippen LogP contribution in [0.3, 0.4) is 0 Å². The molecular weight excluding hydrogens is 202 g/mol. The van der Waals surface area contributed by atoms with E-state index in [9.17, 15) is 0 Å². The van der Waals surface area contributed by atoms with Crippen molar-refractivity contribution in [1.82, 2.24) is 9.97 Å². The van der Waals surface area contributed by atoms with Crippen LogP contribution in [0.4, 0.5) is 5.82 Å². The van der Waals surface area contributed by atoms with E-state index in [1.807, 2.05) is 30.3 Å². The number of nitrogens with two attached hydrogens (primary N) is 1. The summed E-state index contributed by atoms with van der Waals surface area (Å²) < 4.78 is 5.65. The van der Waals surface area contributed by atoms with Crippen LogP contribution in [0, 0.1) is 0 Å². The van der Waals surface area contributed by atoms with Gasteiger partial charge in [0.1, 0.15) is 17.1 Å². The van der Waals surface area contributed by atoms with Gasteiger partial charge in [-0.1, -0.05) is 18.2 Å². The van der Waals surface area contributed by atoms with Gasteiger partial charge < -0.3 is 10.2 Å². The van der Waals surface area contributed by atoms with Crippen LogP contribution in [0.5, 0.6) is 0 Å². The minimum atomic E-state index is 0.387. The third-order valence-electron chi connectivity index (χ3n) is 2.33. The van der Waals surface area contributed by atoms with Crippen molar-refractivity contribution >= 4 is 16.8 Å². The van der Waals surface area contributed by atoms with Gasteiger partial charge in [0.25, 0.3) is 0 Å². The van der Waals surface area contributed by atoms with Gasteiger partial charge in [-0.25, -0.2) is 4.98 Å². The first-order chi connectivity index (χ1) is 7.83. The molecule has 78 valence electrons. The summed E-state index contributed by atoms with van der Waals surface area (Å²) in [6.07, 6.45) is 3.14. The lowest BCUT2D eigenvalue weighted by Gasteiger charge is -1.95. The molecule has 16 heavy (non-hydrogen) atoms. The molecule has 3 rings (SSSR count). The Morgan fingerprint density at radius 3 is 2.81 bits per heavy atom. The molecule has 0 fully saturated rings. The van der Waals surface area contributed by atoms with Gasteiger partial charge in [0.05, 0.1) is 12.4 Å². The van der Waals surface area contributed by atoms with Crippen molar-refractivity contribution in [3.05, 3.63) is 42.7 Å². The Morgan fingerprint density at radius 2 is 2.00 bits per heavy atom. The zero-order valence-electron chi connectivity index (χ0n) is 8.42. The van der Waals surface area contributed by atoms with Gasteiger partial charge in [-0.15, -0.1) is 0 Å². The van der Waals surface area contributed by atoms with Gasteiger partial charge in [-0.3, -0.25) is 4.98 Å². The number of benzene rings is 1. The van der Waals surface area contributed by atoms with Gasteiger partial charge in [-0.2, -0.15) is 0 Å². The second-order valence-electron chi connectivity index (χ2n) is 3.48. The minimum absolute atomic E-state index is 0.387. The van der Waals surface area contributed by atoms with E-state index in [0.717, 1.165) is 11.0 Å². The highest BCUT2D eigenvalue weighted by atomic mass is 16.3. The molecule has 2 N–H and O–H groups in total. The van der Waals surface area contributed by atoms with E-state index in [4.69, 9.17) is 10.2 Å². The monoisotopic (exact) mass is 211 g/mol. The van der Waals surface area contributed by atoms with Crippen molar-refractivity contribution in [1.29, 1.82) is 0 Å². The molecule has 2 heterocycles. The zero-order valence-corrected chi connectivity index (χ0v) is 8.42. The second kappa shape index (κ2) is 3.34. The van der Waals surface area contributed by atoms with E-state index in [-0.39, 0.29) is 0 Å². The topological polar surface area (TPSA) is 64.9 Å². The number of rotatable bonds is 1. The maximum Gasteiger partial charge on any atom is 0.155 e. The molecule has 0 saturated heterocycles. The van der Waals surface area contributed by atoms with Crippen molar-refractivity contribution in [2.24, 2.45) is 0 Å². The fourth-order valence-corrected chi connectivity index (χ4v) is 1.61. The number of fused-ring (bicyclic) bond motifs is 1. The van der Waals surface area contributed by atoms with Crippen LogP contribution in [0.2, 0.25) is 0 Å². The van der Waals surface area contributed by atoms with Crippen molar-refractivity contribution in [2.75, 3.05) is 5.73 Å². The summed E-state index contributed by atoms with van der Waals surface area (Å²) in [6.45, 7) is 0. The molecule has 4 nitrogen and oxygen atoms in total. The summed E-state index contributed by atoms with van der Waals surface area (Å²) in [5.41, 5.74) is 7.06. The first-order valence-electron chi connectivity index (χ1n) is 4.89. The molecule has 0 spiro atoms. The molecular formula is C12H9N3O.